The molecule has 28 heavy (non-hydrogen) atoms. The number of likely N-dealkylation sites (tertiary alicyclic amines) is 1. The lowest BCUT2D eigenvalue weighted by Gasteiger charge is -2.39. The topological polar surface area (TPSA) is 51.0 Å². The Bertz CT molecular complexity index is 795. The van der Waals surface area contributed by atoms with Crippen LogP contribution in [-0.2, 0) is 11.3 Å². The molecule has 0 unspecified atom stereocenters. The molecule has 1 aliphatic heterocycles. The van der Waals surface area contributed by atoms with Gasteiger partial charge in [0.05, 0.1) is 5.75 Å². The van der Waals surface area contributed by atoms with Crippen molar-refractivity contribution in [1.82, 2.24) is 19.7 Å². The summed E-state index contributed by atoms with van der Waals surface area (Å²) < 4.78 is 2.12. The van der Waals surface area contributed by atoms with E-state index in [9.17, 15) is 4.79 Å². The zero-order valence-corrected chi connectivity index (χ0v) is 18.6. The standard InChI is InChI=1S/C21H29ClN4OS/c1-14(2)12-25-20(17-8-10-18(22)11-9-17)23-24-21(25)28-13-19(27)26-15(3)6-5-7-16(26)4/h8-11,14-16H,5-7,12-13H2,1-4H3/t15-,16-/m1/s1. The van der Waals surface area contributed by atoms with Gasteiger partial charge in [-0.1, -0.05) is 37.2 Å². The average molecular weight is 421 g/mol. The third-order valence-corrected chi connectivity index (χ3v) is 6.38. The van der Waals surface area contributed by atoms with Gasteiger partial charge >= 0.3 is 0 Å². The number of rotatable bonds is 6. The monoisotopic (exact) mass is 420 g/mol. The van der Waals surface area contributed by atoms with Gasteiger partial charge in [-0.15, -0.1) is 10.2 Å². The molecule has 1 saturated heterocycles. The summed E-state index contributed by atoms with van der Waals surface area (Å²) in [6.07, 6.45) is 3.38. The summed E-state index contributed by atoms with van der Waals surface area (Å²) in [5.41, 5.74) is 0.981. The van der Waals surface area contributed by atoms with Gasteiger partial charge in [0.1, 0.15) is 0 Å². The second kappa shape index (κ2) is 9.31. The lowest BCUT2D eigenvalue weighted by Crippen LogP contribution is -2.48. The van der Waals surface area contributed by atoms with Crippen molar-refractivity contribution in [3.8, 4) is 11.4 Å². The van der Waals surface area contributed by atoms with Crippen LogP contribution < -0.4 is 0 Å². The number of hydrogen-bond acceptors (Lipinski definition) is 4. The van der Waals surface area contributed by atoms with Gasteiger partial charge in [-0.25, -0.2) is 0 Å². The minimum atomic E-state index is 0.192. The number of hydrogen-bond donors (Lipinski definition) is 0. The maximum absolute atomic E-state index is 12.9. The highest BCUT2D eigenvalue weighted by Gasteiger charge is 2.29. The molecule has 0 spiro atoms. The minimum Gasteiger partial charge on any atom is -0.337 e. The molecule has 2 aromatic rings. The lowest BCUT2D eigenvalue weighted by molar-refractivity contribution is -0.134. The Labute approximate surface area is 176 Å². The van der Waals surface area contributed by atoms with Crippen molar-refractivity contribution in [1.29, 1.82) is 0 Å². The van der Waals surface area contributed by atoms with E-state index in [4.69, 9.17) is 11.6 Å². The molecule has 1 aromatic heterocycles. The first-order valence-corrected chi connectivity index (χ1v) is 11.4. The number of carbonyl (C=O) groups excluding carboxylic acids is 1. The van der Waals surface area contributed by atoms with Gasteiger partial charge in [-0.3, -0.25) is 4.79 Å². The van der Waals surface area contributed by atoms with Gasteiger partial charge in [0.15, 0.2) is 11.0 Å². The molecule has 2 heterocycles. The Morgan fingerprint density at radius 3 is 2.43 bits per heavy atom. The van der Waals surface area contributed by atoms with Gasteiger partial charge in [0.2, 0.25) is 5.91 Å². The molecule has 0 N–H and O–H groups in total. The van der Waals surface area contributed by atoms with Gasteiger partial charge in [0, 0.05) is 29.2 Å². The van der Waals surface area contributed by atoms with Crippen molar-refractivity contribution < 1.29 is 4.79 Å². The highest BCUT2D eigenvalue weighted by atomic mass is 35.5. The quantitative estimate of drug-likeness (QED) is 0.607. The summed E-state index contributed by atoms with van der Waals surface area (Å²) in [4.78, 5) is 14.9. The Morgan fingerprint density at radius 2 is 1.82 bits per heavy atom. The van der Waals surface area contributed by atoms with Gasteiger partial charge in [-0.2, -0.15) is 0 Å². The Kier molecular flexibility index (Phi) is 7.05. The summed E-state index contributed by atoms with van der Waals surface area (Å²) in [6, 6.07) is 8.27. The van der Waals surface area contributed by atoms with Crippen molar-refractivity contribution in [3.63, 3.8) is 0 Å². The number of aromatic nitrogens is 3. The second-order valence-corrected chi connectivity index (χ2v) is 9.42. The van der Waals surface area contributed by atoms with E-state index in [0.717, 1.165) is 35.9 Å². The molecule has 1 aliphatic rings. The molecule has 1 fully saturated rings. The number of benzene rings is 1. The molecule has 2 atom stereocenters. The van der Waals surface area contributed by atoms with E-state index in [1.165, 1.54) is 18.2 Å². The van der Waals surface area contributed by atoms with Crippen LogP contribution in [0.3, 0.4) is 0 Å². The van der Waals surface area contributed by atoms with Crippen molar-refractivity contribution in [2.24, 2.45) is 5.92 Å². The van der Waals surface area contributed by atoms with Crippen LogP contribution in [0, 0.1) is 5.92 Å². The molecule has 0 bridgehead atoms. The Balaban J connectivity index is 1.78. The van der Waals surface area contributed by atoms with E-state index in [1.54, 1.807) is 0 Å². The Morgan fingerprint density at radius 1 is 1.18 bits per heavy atom. The van der Waals surface area contributed by atoms with Gasteiger partial charge < -0.3 is 9.47 Å². The summed E-state index contributed by atoms with van der Waals surface area (Å²) in [5, 5.41) is 10.3. The molecule has 5 nitrogen and oxygen atoms in total. The maximum atomic E-state index is 12.9. The van der Waals surface area contributed by atoms with Crippen LogP contribution in [0.5, 0.6) is 0 Å². The number of amides is 1. The minimum absolute atomic E-state index is 0.192. The zero-order valence-electron chi connectivity index (χ0n) is 17.1. The molecule has 152 valence electrons. The summed E-state index contributed by atoms with van der Waals surface area (Å²) in [7, 11) is 0. The van der Waals surface area contributed by atoms with Crippen LogP contribution in [0.15, 0.2) is 29.4 Å². The van der Waals surface area contributed by atoms with Crippen LogP contribution in [0.25, 0.3) is 11.4 Å². The van der Waals surface area contributed by atoms with Crippen LogP contribution in [0.4, 0.5) is 0 Å². The van der Waals surface area contributed by atoms with Crippen molar-refractivity contribution in [2.45, 2.75) is 70.7 Å². The SMILES string of the molecule is CC(C)Cn1c(SCC(=O)N2[C@H](C)CCC[C@H]2C)nnc1-c1ccc(Cl)cc1. The molecule has 1 aromatic carbocycles. The molecule has 3 rings (SSSR count). The normalized spacial score (nSPS) is 20.0. The van der Waals surface area contributed by atoms with E-state index in [0.29, 0.717) is 28.8 Å². The van der Waals surface area contributed by atoms with Gasteiger partial charge in [0.25, 0.3) is 0 Å². The fraction of sp³-hybridized carbons (Fsp3) is 0.571. The molecule has 7 heteroatoms. The molecule has 0 aliphatic carbocycles. The van der Waals surface area contributed by atoms with Crippen LogP contribution in [0.1, 0.15) is 47.0 Å². The largest absolute Gasteiger partial charge is 0.337 e. The predicted octanol–water partition coefficient (Wildman–Crippen LogP) is 5.14. The summed E-state index contributed by atoms with van der Waals surface area (Å²) in [5.74, 6) is 1.85. The van der Waals surface area contributed by atoms with Crippen LogP contribution in [-0.4, -0.2) is 43.4 Å². The summed E-state index contributed by atoms with van der Waals surface area (Å²) >= 11 is 7.51. The first-order valence-electron chi connectivity index (χ1n) is 10.00. The van der Waals surface area contributed by atoms with Crippen molar-refractivity contribution >= 4 is 29.3 Å². The first kappa shape index (κ1) is 21.2. The fourth-order valence-corrected chi connectivity index (χ4v) is 4.79. The molecule has 0 saturated carbocycles. The molecular formula is C21H29ClN4OS. The number of piperidine rings is 1. The van der Waals surface area contributed by atoms with E-state index in [-0.39, 0.29) is 5.91 Å². The van der Waals surface area contributed by atoms with Crippen molar-refractivity contribution in [3.05, 3.63) is 29.3 Å². The predicted molar refractivity (Wildman–Crippen MR) is 116 cm³/mol. The third-order valence-electron chi connectivity index (χ3n) is 5.17. The van der Waals surface area contributed by atoms with E-state index in [2.05, 4.69) is 47.4 Å². The number of thioether (sulfide) groups is 1. The summed E-state index contributed by atoms with van der Waals surface area (Å²) in [6.45, 7) is 9.44. The van der Waals surface area contributed by atoms with Crippen molar-refractivity contribution in [2.75, 3.05) is 5.75 Å². The van der Waals surface area contributed by atoms with E-state index in [1.807, 2.05) is 24.3 Å². The van der Waals surface area contributed by atoms with E-state index < -0.39 is 0 Å². The maximum Gasteiger partial charge on any atom is 0.233 e. The highest BCUT2D eigenvalue weighted by Crippen LogP contribution is 2.28. The Hall–Kier alpha value is -1.53. The number of halogens is 1. The number of nitrogens with zero attached hydrogens (tertiary/aromatic N) is 4. The highest BCUT2D eigenvalue weighted by molar-refractivity contribution is 7.99. The van der Waals surface area contributed by atoms with Crippen LogP contribution in [0.2, 0.25) is 5.02 Å². The lowest BCUT2D eigenvalue weighted by atomic mass is 9.98. The third kappa shape index (κ3) is 4.90. The first-order chi connectivity index (χ1) is 13.4. The zero-order chi connectivity index (χ0) is 20.3. The smallest absolute Gasteiger partial charge is 0.233 e. The molecule has 0 radical (unpaired) electrons. The molecule has 1 amide bonds. The molecular weight excluding hydrogens is 392 g/mol. The van der Waals surface area contributed by atoms with Gasteiger partial charge in [-0.05, 0) is 63.3 Å². The fourth-order valence-electron chi connectivity index (χ4n) is 3.85. The van der Waals surface area contributed by atoms with E-state index >= 15 is 0 Å². The average Bonchev–Trinajstić information content (AvgIpc) is 3.02. The second-order valence-electron chi connectivity index (χ2n) is 8.04. The number of carbonyl (C=O) groups is 1. The van der Waals surface area contributed by atoms with Crippen LogP contribution >= 0.6 is 23.4 Å².